The molecule has 1 aliphatic heterocycles. The highest BCUT2D eigenvalue weighted by atomic mass is 35.5. The van der Waals surface area contributed by atoms with Crippen molar-refractivity contribution < 1.29 is 23.8 Å². The fourth-order valence-corrected chi connectivity index (χ4v) is 3.30. The lowest BCUT2D eigenvalue weighted by molar-refractivity contribution is -0.142. The van der Waals surface area contributed by atoms with Crippen LogP contribution in [0.1, 0.15) is 31.9 Å². The number of amidine groups is 1. The third kappa shape index (κ3) is 5.68. The molecule has 0 bridgehead atoms. The molecule has 3 rings (SSSR count). The van der Waals surface area contributed by atoms with Crippen LogP contribution in [-0.4, -0.2) is 49.0 Å². The highest BCUT2D eigenvalue weighted by Crippen LogP contribution is 2.30. The van der Waals surface area contributed by atoms with Gasteiger partial charge in [0.05, 0.1) is 19.8 Å². The van der Waals surface area contributed by atoms with Crippen LogP contribution in [0.25, 0.3) is 6.08 Å². The summed E-state index contributed by atoms with van der Waals surface area (Å²) >= 11 is 6.00. The fraction of sp³-hybridized carbons (Fsp3) is 0.292. The van der Waals surface area contributed by atoms with Gasteiger partial charge in [-0.25, -0.2) is 4.99 Å². The number of rotatable bonds is 9. The number of hydrogen-bond acceptors (Lipinski definition) is 6. The molecule has 2 aromatic carbocycles. The van der Waals surface area contributed by atoms with Gasteiger partial charge in [-0.3, -0.25) is 14.5 Å². The maximum atomic E-state index is 13.1. The average molecular weight is 457 g/mol. The van der Waals surface area contributed by atoms with Gasteiger partial charge in [0.25, 0.3) is 5.91 Å². The summed E-state index contributed by atoms with van der Waals surface area (Å²) in [5.74, 6) is 1.02. The number of carbonyl (C=O) groups excluding carboxylic acids is 2. The Bertz CT molecular complexity index is 1050. The van der Waals surface area contributed by atoms with Crippen molar-refractivity contribution in [3.8, 4) is 11.5 Å². The van der Waals surface area contributed by atoms with E-state index >= 15 is 0 Å². The van der Waals surface area contributed by atoms with Crippen LogP contribution in [-0.2, 0) is 14.3 Å². The summed E-state index contributed by atoms with van der Waals surface area (Å²) in [5.41, 5.74) is 1.75. The van der Waals surface area contributed by atoms with E-state index in [0.29, 0.717) is 35.6 Å². The Labute approximate surface area is 192 Å². The van der Waals surface area contributed by atoms with E-state index in [1.165, 1.54) is 11.8 Å². The molecule has 0 atom stereocenters. The molecule has 0 N–H and O–H groups in total. The SMILES string of the molecule is CCOc1ccc(/C=C2/N=C(c3ccc(Cl)cc3)N(CCOC(C)=O)C2=O)cc1OCC. The Morgan fingerprint density at radius 1 is 1.06 bits per heavy atom. The van der Waals surface area contributed by atoms with Crippen LogP contribution in [0.5, 0.6) is 11.5 Å². The van der Waals surface area contributed by atoms with E-state index in [1.807, 2.05) is 32.0 Å². The van der Waals surface area contributed by atoms with Gasteiger partial charge in [0.1, 0.15) is 18.1 Å². The van der Waals surface area contributed by atoms with Gasteiger partial charge in [-0.05, 0) is 61.9 Å². The molecular weight excluding hydrogens is 432 g/mol. The molecule has 8 heteroatoms. The van der Waals surface area contributed by atoms with Gasteiger partial charge in [-0.15, -0.1) is 0 Å². The lowest BCUT2D eigenvalue weighted by atomic mass is 10.1. The Balaban J connectivity index is 1.95. The summed E-state index contributed by atoms with van der Waals surface area (Å²) < 4.78 is 16.3. The molecule has 0 saturated carbocycles. The molecule has 0 aliphatic carbocycles. The normalized spacial score (nSPS) is 14.5. The largest absolute Gasteiger partial charge is 0.490 e. The van der Waals surface area contributed by atoms with E-state index in [-0.39, 0.29) is 24.8 Å². The first-order valence-electron chi connectivity index (χ1n) is 10.3. The topological polar surface area (TPSA) is 77.4 Å². The van der Waals surface area contributed by atoms with Gasteiger partial charge in [0.2, 0.25) is 0 Å². The van der Waals surface area contributed by atoms with Gasteiger partial charge >= 0.3 is 5.97 Å². The number of aliphatic imine (C=N–C) groups is 1. The monoisotopic (exact) mass is 456 g/mol. The van der Waals surface area contributed by atoms with Crippen molar-refractivity contribution in [2.75, 3.05) is 26.4 Å². The smallest absolute Gasteiger partial charge is 0.302 e. The van der Waals surface area contributed by atoms with E-state index in [9.17, 15) is 9.59 Å². The third-order valence-corrected chi connectivity index (χ3v) is 4.79. The molecule has 2 aromatic rings. The Kier molecular flexibility index (Phi) is 7.89. The second-order valence-electron chi connectivity index (χ2n) is 6.84. The highest BCUT2D eigenvalue weighted by Gasteiger charge is 2.31. The standard InChI is InChI=1S/C24H25ClN2O5/c1-4-30-21-11-6-17(15-22(21)31-5-2)14-20-24(29)27(12-13-32-16(3)28)23(26-20)18-7-9-19(25)10-8-18/h6-11,14-15H,4-5,12-13H2,1-3H3/b20-14+. The van der Waals surface area contributed by atoms with Crippen LogP contribution in [0.2, 0.25) is 5.02 Å². The van der Waals surface area contributed by atoms with Gasteiger partial charge < -0.3 is 14.2 Å². The molecule has 0 aromatic heterocycles. The first-order valence-corrected chi connectivity index (χ1v) is 10.7. The number of halogens is 1. The van der Waals surface area contributed by atoms with Crippen molar-refractivity contribution in [3.63, 3.8) is 0 Å². The quantitative estimate of drug-likeness (QED) is 0.414. The minimum atomic E-state index is -0.407. The maximum Gasteiger partial charge on any atom is 0.302 e. The zero-order chi connectivity index (χ0) is 23.1. The summed E-state index contributed by atoms with van der Waals surface area (Å²) in [6.07, 6.45) is 1.70. The second-order valence-corrected chi connectivity index (χ2v) is 7.28. The molecule has 1 heterocycles. The van der Waals surface area contributed by atoms with Crippen molar-refractivity contribution in [1.82, 2.24) is 4.90 Å². The van der Waals surface area contributed by atoms with Crippen molar-refractivity contribution in [2.24, 2.45) is 4.99 Å². The van der Waals surface area contributed by atoms with E-state index in [0.717, 1.165) is 11.1 Å². The number of hydrogen-bond donors (Lipinski definition) is 0. The lowest BCUT2D eigenvalue weighted by Gasteiger charge is -2.18. The van der Waals surface area contributed by atoms with Crippen LogP contribution in [0.3, 0.4) is 0 Å². The van der Waals surface area contributed by atoms with E-state index in [2.05, 4.69) is 4.99 Å². The minimum Gasteiger partial charge on any atom is -0.490 e. The maximum absolute atomic E-state index is 13.1. The fourth-order valence-electron chi connectivity index (χ4n) is 3.17. The molecule has 32 heavy (non-hydrogen) atoms. The van der Waals surface area contributed by atoms with E-state index in [1.54, 1.807) is 30.3 Å². The highest BCUT2D eigenvalue weighted by molar-refractivity contribution is 6.30. The number of amides is 1. The molecule has 1 amide bonds. The molecule has 0 fully saturated rings. The molecule has 0 spiro atoms. The van der Waals surface area contributed by atoms with Gasteiger partial charge in [-0.2, -0.15) is 0 Å². The van der Waals surface area contributed by atoms with Crippen LogP contribution in [0.4, 0.5) is 0 Å². The van der Waals surface area contributed by atoms with Crippen molar-refractivity contribution in [1.29, 1.82) is 0 Å². The van der Waals surface area contributed by atoms with Crippen molar-refractivity contribution >= 4 is 35.4 Å². The van der Waals surface area contributed by atoms with Gasteiger partial charge in [0.15, 0.2) is 11.5 Å². The summed E-state index contributed by atoms with van der Waals surface area (Å²) in [4.78, 5) is 30.4. The number of benzene rings is 2. The second kappa shape index (κ2) is 10.8. The number of ether oxygens (including phenoxy) is 3. The third-order valence-electron chi connectivity index (χ3n) is 4.54. The Hall–Kier alpha value is -3.32. The molecule has 0 saturated heterocycles. The van der Waals surface area contributed by atoms with Crippen molar-refractivity contribution in [2.45, 2.75) is 20.8 Å². The average Bonchev–Trinajstić information content (AvgIpc) is 3.06. The Morgan fingerprint density at radius 3 is 2.41 bits per heavy atom. The minimum absolute atomic E-state index is 0.0680. The van der Waals surface area contributed by atoms with Gasteiger partial charge in [0, 0.05) is 17.5 Å². The molecule has 168 valence electrons. The predicted molar refractivity (Wildman–Crippen MR) is 123 cm³/mol. The first-order chi connectivity index (χ1) is 15.4. The molecule has 1 aliphatic rings. The number of carbonyl (C=O) groups is 2. The zero-order valence-electron chi connectivity index (χ0n) is 18.3. The number of esters is 1. The first kappa shape index (κ1) is 23.3. The van der Waals surface area contributed by atoms with E-state index in [4.69, 9.17) is 25.8 Å². The summed E-state index contributed by atoms with van der Waals surface area (Å²) in [6, 6.07) is 12.5. The van der Waals surface area contributed by atoms with Crippen LogP contribution in [0, 0.1) is 0 Å². The molecular formula is C24H25ClN2O5. The molecule has 0 radical (unpaired) electrons. The predicted octanol–water partition coefficient (Wildman–Crippen LogP) is 4.33. The van der Waals surface area contributed by atoms with Crippen molar-refractivity contribution in [3.05, 3.63) is 64.3 Å². The van der Waals surface area contributed by atoms with E-state index < -0.39 is 5.97 Å². The zero-order valence-corrected chi connectivity index (χ0v) is 19.0. The summed E-state index contributed by atoms with van der Waals surface area (Å²) in [7, 11) is 0. The Morgan fingerprint density at radius 2 is 1.75 bits per heavy atom. The molecule has 7 nitrogen and oxygen atoms in total. The molecule has 0 unspecified atom stereocenters. The van der Waals surface area contributed by atoms with Crippen LogP contribution >= 0.6 is 11.6 Å². The number of nitrogens with zero attached hydrogens (tertiary/aromatic N) is 2. The van der Waals surface area contributed by atoms with Crippen LogP contribution in [0.15, 0.2) is 53.2 Å². The summed E-state index contributed by atoms with van der Waals surface area (Å²) in [5, 5.41) is 0.582. The van der Waals surface area contributed by atoms with Gasteiger partial charge in [-0.1, -0.05) is 17.7 Å². The summed E-state index contributed by atoms with van der Waals surface area (Å²) in [6.45, 7) is 6.38. The lowest BCUT2D eigenvalue weighted by Crippen LogP contribution is -2.35. The van der Waals surface area contributed by atoms with Crippen LogP contribution < -0.4 is 9.47 Å².